The molecule has 1 fully saturated rings. The summed E-state index contributed by atoms with van der Waals surface area (Å²) in [6.07, 6.45) is 4.33. The molecule has 1 atom stereocenters. The number of rotatable bonds is 6. The molecule has 0 bridgehead atoms. The maximum Gasteiger partial charge on any atom is 0.171 e. The lowest BCUT2D eigenvalue weighted by Gasteiger charge is -2.34. The van der Waals surface area contributed by atoms with Gasteiger partial charge in [0.1, 0.15) is 18.5 Å². The minimum atomic E-state index is 0.0340. The quantitative estimate of drug-likeness (QED) is 0.651. The van der Waals surface area contributed by atoms with Crippen molar-refractivity contribution < 1.29 is 14.2 Å². The smallest absolute Gasteiger partial charge is 0.171 e. The van der Waals surface area contributed by atoms with Gasteiger partial charge in [-0.3, -0.25) is 0 Å². The molecule has 0 saturated carbocycles. The first-order chi connectivity index (χ1) is 14.8. The number of benzene rings is 2. The van der Waals surface area contributed by atoms with Gasteiger partial charge in [-0.15, -0.1) is 0 Å². The van der Waals surface area contributed by atoms with Gasteiger partial charge in [0.05, 0.1) is 12.8 Å². The van der Waals surface area contributed by atoms with Gasteiger partial charge >= 0.3 is 0 Å². The Morgan fingerprint density at radius 2 is 1.97 bits per heavy atom. The molecule has 158 valence electrons. The Bertz CT molecular complexity index is 994. The summed E-state index contributed by atoms with van der Waals surface area (Å²) in [6, 6.07) is 14.3. The van der Waals surface area contributed by atoms with E-state index in [0.717, 1.165) is 54.3 Å². The second kappa shape index (κ2) is 8.48. The van der Waals surface area contributed by atoms with E-state index in [2.05, 4.69) is 27.3 Å². The molecule has 0 radical (unpaired) electrons. The third-order valence-corrected chi connectivity index (χ3v) is 6.20. The predicted molar refractivity (Wildman–Crippen MR) is 119 cm³/mol. The van der Waals surface area contributed by atoms with Crippen LogP contribution in [-0.2, 0) is 0 Å². The third kappa shape index (κ3) is 3.79. The third-order valence-electron chi connectivity index (χ3n) is 6.20. The summed E-state index contributed by atoms with van der Waals surface area (Å²) in [6.45, 7) is 4.53. The number of ether oxygens (including phenoxy) is 3. The highest BCUT2D eigenvalue weighted by Gasteiger charge is 2.25. The zero-order valence-corrected chi connectivity index (χ0v) is 17.4. The van der Waals surface area contributed by atoms with E-state index in [1.807, 2.05) is 36.5 Å². The molecule has 1 saturated heterocycles. The number of para-hydroxylation sites is 2. The number of hydrogen-bond donors (Lipinski definition) is 2. The SMILES string of the molecule is COc1ccccc1N1CCC(CNCC2COc3ccc4[nH]ccc4c3O2)CC1. The van der Waals surface area contributed by atoms with Crippen molar-refractivity contribution in [3.63, 3.8) is 0 Å². The Hall–Kier alpha value is -2.86. The van der Waals surface area contributed by atoms with E-state index in [1.54, 1.807) is 7.11 Å². The van der Waals surface area contributed by atoms with Crippen LogP contribution in [0.25, 0.3) is 10.9 Å². The van der Waals surface area contributed by atoms with E-state index in [1.165, 1.54) is 18.5 Å². The maximum absolute atomic E-state index is 6.26. The molecule has 0 amide bonds. The summed E-state index contributed by atoms with van der Waals surface area (Å²) in [5.74, 6) is 3.34. The number of aromatic amines is 1. The summed E-state index contributed by atoms with van der Waals surface area (Å²) in [5, 5.41) is 4.70. The Morgan fingerprint density at radius 1 is 1.10 bits per heavy atom. The number of aromatic nitrogens is 1. The van der Waals surface area contributed by atoms with Crippen LogP contribution in [0.5, 0.6) is 17.2 Å². The van der Waals surface area contributed by atoms with E-state index in [4.69, 9.17) is 14.2 Å². The number of anilines is 1. The molecule has 6 heteroatoms. The van der Waals surface area contributed by atoms with Crippen LogP contribution >= 0.6 is 0 Å². The number of methoxy groups -OCH3 is 1. The van der Waals surface area contributed by atoms with Crippen molar-refractivity contribution in [2.45, 2.75) is 18.9 Å². The number of fused-ring (bicyclic) bond motifs is 3. The number of nitrogens with one attached hydrogen (secondary N) is 2. The molecule has 1 unspecified atom stereocenters. The standard InChI is InChI=1S/C24H29N3O3/c1-28-22-5-3-2-4-21(22)27-12-9-17(10-13-27)14-25-15-18-16-29-23-7-6-20-19(8-11-26-20)24(23)30-18/h2-8,11,17-18,25-26H,9-10,12-16H2,1H3. The summed E-state index contributed by atoms with van der Waals surface area (Å²) in [5.41, 5.74) is 2.28. The molecule has 5 rings (SSSR count). The van der Waals surface area contributed by atoms with Crippen LogP contribution < -0.4 is 24.4 Å². The molecule has 3 heterocycles. The minimum absolute atomic E-state index is 0.0340. The normalized spacial score (nSPS) is 19.2. The number of hydrogen-bond acceptors (Lipinski definition) is 5. The zero-order chi connectivity index (χ0) is 20.3. The van der Waals surface area contributed by atoms with Gasteiger partial charge in [-0.1, -0.05) is 12.1 Å². The fourth-order valence-electron chi connectivity index (χ4n) is 4.52. The lowest BCUT2D eigenvalue weighted by molar-refractivity contribution is 0.0914. The molecule has 2 aromatic carbocycles. The van der Waals surface area contributed by atoms with E-state index < -0.39 is 0 Å². The summed E-state index contributed by atoms with van der Waals surface area (Å²) in [7, 11) is 1.74. The first kappa shape index (κ1) is 19.1. The van der Waals surface area contributed by atoms with Crippen molar-refractivity contribution in [1.29, 1.82) is 0 Å². The minimum Gasteiger partial charge on any atom is -0.495 e. The van der Waals surface area contributed by atoms with Gasteiger partial charge < -0.3 is 29.4 Å². The second-order valence-electron chi connectivity index (χ2n) is 8.14. The van der Waals surface area contributed by atoms with Gasteiger partial charge in [0.25, 0.3) is 0 Å². The molecule has 0 spiro atoms. The Labute approximate surface area is 177 Å². The summed E-state index contributed by atoms with van der Waals surface area (Å²) in [4.78, 5) is 5.67. The summed E-state index contributed by atoms with van der Waals surface area (Å²) >= 11 is 0. The van der Waals surface area contributed by atoms with Crippen LogP contribution in [0.15, 0.2) is 48.7 Å². The van der Waals surface area contributed by atoms with E-state index in [0.29, 0.717) is 12.5 Å². The second-order valence-corrected chi connectivity index (χ2v) is 8.14. The van der Waals surface area contributed by atoms with Gasteiger partial charge in [-0.25, -0.2) is 0 Å². The molecular weight excluding hydrogens is 378 g/mol. The van der Waals surface area contributed by atoms with Crippen molar-refractivity contribution in [2.24, 2.45) is 5.92 Å². The highest BCUT2D eigenvalue weighted by Crippen LogP contribution is 2.38. The van der Waals surface area contributed by atoms with Crippen molar-refractivity contribution >= 4 is 16.6 Å². The first-order valence-electron chi connectivity index (χ1n) is 10.8. The maximum atomic E-state index is 6.26. The van der Waals surface area contributed by atoms with Crippen molar-refractivity contribution in [3.05, 3.63) is 48.7 Å². The molecule has 2 N–H and O–H groups in total. The fraction of sp³-hybridized carbons (Fsp3) is 0.417. The van der Waals surface area contributed by atoms with Crippen molar-refractivity contribution in [2.75, 3.05) is 44.8 Å². The topological polar surface area (TPSA) is 58.8 Å². The molecular formula is C24H29N3O3. The lowest BCUT2D eigenvalue weighted by Crippen LogP contribution is -2.42. The van der Waals surface area contributed by atoms with E-state index in [-0.39, 0.29) is 6.10 Å². The van der Waals surface area contributed by atoms with Gasteiger partial charge in [-0.2, -0.15) is 0 Å². The highest BCUT2D eigenvalue weighted by atomic mass is 16.6. The van der Waals surface area contributed by atoms with Crippen LogP contribution in [0, 0.1) is 5.92 Å². The van der Waals surface area contributed by atoms with Gasteiger partial charge in [0.15, 0.2) is 11.5 Å². The first-order valence-corrected chi connectivity index (χ1v) is 10.8. The van der Waals surface area contributed by atoms with Crippen LogP contribution in [0.2, 0.25) is 0 Å². The molecule has 2 aliphatic heterocycles. The van der Waals surface area contributed by atoms with Crippen LogP contribution in [0.4, 0.5) is 5.69 Å². The average molecular weight is 408 g/mol. The van der Waals surface area contributed by atoms with Gasteiger partial charge in [0.2, 0.25) is 0 Å². The fourth-order valence-corrected chi connectivity index (χ4v) is 4.52. The highest BCUT2D eigenvalue weighted by molar-refractivity contribution is 5.88. The Kier molecular flexibility index (Phi) is 5.41. The largest absolute Gasteiger partial charge is 0.495 e. The van der Waals surface area contributed by atoms with Gasteiger partial charge in [-0.05, 0) is 55.6 Å². The van der Waals surface area contributed by atoms with E-state index in [9.17, 15) is 0 Å². The summed E-state index contributed by atoms with van der Waals surface area (Å²) < 4.78 is 17.7. The number of nitrogens with zero attached hydrogens (tertiary/aromatic N) is 1. The number of piperidine rings is 1. The van der Waals surface area contributed by atoms with Crippen LogP contribution in [0.1, 0.15) is 12.8 Å². The molecule has 0 aliphatic carbocycles. The molecule has 30 heavy (non-hydrogen) atoms. The molecule has 2 aliphatic rings. The molecule has 6 nitrogen and oxygen atoms in total. The Balaban J connectivity index is 1.10. The Morgan fingerprint density at radius 3 is 2.83 bits per heavy atom. The van der Waals surface area contributed by atoms with Crippen LogP contribution in [-0.4, -0.2) is 51.0 Å². The molecule has 1 aromatic heterocycles. The van der Waals surface area contributed by atoms with Gasteiger partial charge in [0, 0.05) is 36.7 Å². The lowest BCUT2D eigenvalue weighted by atomic mass is 9.96. The number of H-pyrrole nitrogens is 1. The monoisotopic (exact) mass is 407 g/mol. The van der Waals surface area contributed by atoms with E-state index >= 15 is 0 Å². The predicted octanol–water partition coefficient (Wildman–Crippen LogP) is 3.82. The van der Waals surface area contributed by atoms with Crippen molar-refractivity contribution in [3.8, 4) is 17.2 Å². The average Bonchev–Trinajstić information content (AvgIpc) is 3.29. The molecule has 3 aromatic rings. The zero-order valence-electron chi connectivity index (χ0n) is 17.4. The van der Waals surface area contributed by atoms with Crippen molar-refractivity contribution in [1.82, 2.24) is 10.3 Å². The van der Waals surface area contributed by atoms with Crippen LogP contribution in [0.3, 0.4) is 0 Å².